The number of benzene rings is 4. The molecular formula is C55H65Cl4Zr2-5. The molecule has 2 aliphatic rings. The molecule has 0 heterocycles. The number of rotatable bonds is 1. The standard InChI is InChI=1S/C31H39.C13H9.C5H5.2C3H6.4ClH.2Zr/c1-19-13-22(30(5,6)7)16-24(19)27-17-23(31(8,9)10)18-28-25-15-21(29(2,3)4)12-11-20(25)14-26(27)28;1-3-7-12-10(5-1)9-11-6-2-4-8-13(11)12;1-2-4-5-3-1;2*1-3-2;;;;;;/h11-15,17-18H,16H2,1-10H3;1-9H;1-3H,4H2;2*1-2H3;4*1H;;/q3*-1;;;;;;;;+2/p-4. The van der Waals surface area contributed by atoms with Crippen LogP contribution in [-0.2, 0) is 59.3 Å². The minimum absolute atomic E-state index is 0. The monoisotopic (exact) mass is 1050 g/mol. The number of hydrogen-bond donors (Lipinski definition) is 0. The summed E-state index contributed by atoms with van der Waals surface area (Å²) in [6, 6.07) is 33.7. The molecule has 61 heavy (non-hydrogen) atoms. The third kappa shape index (κ3) is 17.0. The van der Waals surface area contributed by atoms with Gasteiger partial charge in [0.25, 0.3) is 0 Å². The molecule has 6 aromatic carbocycles. The van der Waals surface area contributed by atoms with E-state index in [0.717, 1.165) is 12.8 Å². The number of halogens is 4. The van der Waals surface area contributed by atoms with Crippen molar-refractivity contribution >= 4 is 55.1 Å². The van der Waals surface area contributed by atoms with Crippen LogP contribution in [0, 0.1) is 11.5 Å². The normalized spacial score (nSPS) is 12.8. The number of fused-ring (bicyclic) bond motifs is 6. The fraction of sp³-hybridized carbons (Fsp3) is 0.345. The van der Waals surface area contributed by atoms with E-state index < -0.39 is 0 Å². The SMILES string of the molecule is CC1=C(c2cc(C(C)(C)C)cc3c2[cH-]c2ccc(C(C)(C)C)cc23)CC(C(C)(C)C)=C1.C[C](C)=[Zr+2].C[C](C)=[Zr].[C-]1=CC=CC1.[Cl-].[Cl-].[Cl-].[Cl-].c1ccc2c(c1)[cH-]c1ccccc12. The summed E-state index contributed by atoms with van der Waals surface area (Å²) in [5.41, 5.74) is 9.22. The molecule has 0 fully saturated rings. The zero-order valence-corrected chi connectivity index (χ0v) is 46.8. The van der Waals surface area contributed by atoms with E-state index in [9.17, 15) is 0 Å². The molecule has 0 bridgehead atoms. The largest absolute Gasteiger partial charge is 1.00 e. The number of allylic oxidation sites excluding steroid dienone is 8. The topological polar surface area (TPSA) is 0 Å². The summed E-state index contributed by atoms with van der Waals surface area (Å²) in [5.74, 6) is 0. The molecule has 0 aromatic heterocycles. The molecule has 0 radical (unpaired) electrons. The molecule has 8 rings (SSSR count). The maximum atomic E-state index is 2.99. The van der Waals surface area contributed by atoms with Crippen molar-refractivity contribution in [3.63, 3.8) is 0 Å². The van der Waals surface area contributed by atoms with Crippen molar-refractivity contribution in [2.45, 2.75) is 121 Å². The maximum absolute atomic E-state index is 2.99. The predicted molar refractivity (Wildman–Crippen MR) is 251 cm³/mol. The van der Waals surface area contributed by atoms with Gasteiger partial charge in [0, 0.05) is 0 Å². The van der Waals surface area contributed by atoms with Gasteiger partial charge >= 0.3 is 82.6 Å². The molecule has 326 valence electrons. The average Bonchev–Trinajstić information content (AvgIpc) is 3.93. The minimum atomic E-state index is 0. The second kappa shape index (κ2) is 25.7. The summed E-state index contributed by atoms with van der Waals surface area (Å²) in [7, 11) is 0. The molecule has 0 spiro atoms. The van der Waals surface area contributed by atoms with Crippen molar-refractivity contribution < 1.29 is 98.1 Å². The van der Waals surface area contributed by atoms with Gasteiger partial charge in [-0.25, -0.2) is 12.2 Å². The summed E-state index contributed by atoms with van der Waals surface area (Å²) >= 11 is 3.11. The molecule has 6 heteroatoms. The Morgan fingerprint density at radius 1 is 0.623 bits per heavy atom. The average molecular weight is 1050 g/mol. The second-order valence-electron chi connectivity index (χ2n) is 19.0. The van der Waals surface area contributed by atoms with Gasteiger partial charge in [-0.1, -0.05) is 162 Å². The molecule has 0 nitrogen and oxygen atoms in total. The molecule has 0 amide bonds. The van der Waals surface area contributed by atoms with Crippen molar-refractivity contribution in [3.8, 4) is 0 Å². The van der Waals surface area contributed by atoms with E-state index in [-0.39, 0.29) is 65.9 Å². The van der Waals surface area contributed by atoms with Gasteiger partial charge in [-0.2, -0.15) is 6.08 Å². The second-order valence-corrected chi connectivity index (χ2v) is 23.9. The molecule has 0 atom stereocenters. The Kier molecular flexibility index (Phi) is 24.9. The van der Waals surface area contributed by atoms with E-state index >= 15 is 0 Å². The Morgan fingerprint density at radius 2 is 1.10 bits per heavy atom. The number of hydrogen-bond acceptors (Lipinski definition) is 0. The maximum Gasteiger partial charge on any atom is -0.0771 e. The first-order valence-corrected chi connectivity index (χ1v) is 22.9. The zero-order chi connectivity index (χ0) is 42.3. The van der Waals surface area contributed by atoms with Gasteiger partial charge in [0.1, 0.15) is 0 Å². The van der Waals surface area contributed by atoms with Crippen molar-refractivity contribution in [1.29, 1.82) is 0 Å². The van der Waals surface area contributed by atoms with Gasteiger partial charge in [-0.15, -0.1) is 79.8 Å². The summed E-state index contributed by atoms with van der Waals surface area (Å²) < 4.78 is 3.01. The van der Waals surface area contributed by atoms with Crippen LogP contribution >= 0.6 is 0 Å². The van der Waals surface area contributed by atoms with Crippen molar-refractivity contribution in [2.24, 2.45) is 5.41 Å². The van der Waals surface area contributed by atoms with Gasteiger partial charge in [-0.3, -0.25) is 6.08 Å². The fourth-order valence-corrected chi connectivity index (χ4v) is 7.01. The Morgan fingerprint density at radius 3 is 1.51 bits per heavy atom. The van der Waals surface area contributed by atoms with Gasteiger partial charge in [-0.05, 0) is 29.6 Å². The summed E-state index contributed by atoms with van der Waals surface area (Å²) in [4.78, 5) is 0. The fourth-order valence-electron chi connectivity index (χ4n) is 7.01. The molecule has 0 N–H and O–H groups in total. The van der Waals surface area contributed by atoms with Gasteiger partial charge in [0.15, 0.2) is 0 Å². The third-order valence-electron chi connectivity index (χ3n) is 10.2. The molecule has 6 aromatic rings. The van der Waals surface area contributed by atoms with Crippen molar-refractivity contribution in [2.75, 3.05) is 0 Å². The van der Waals surface area contributed by atoms with Gasteiger partial charge < -0.3 is 49.6 Å². The minimum Gasteiger partial charge on any atom is -1.00 e. The van der Waals surface area contributed by atoms with E-state index in [1.54, 1.807) is 54.0 Å². The van der Waals surface area contributed by atoms with Crippen LogP contribution in [0.15, 0.2) is 126 Å². The van der Waals surface area contributed by atoms with Gasteiger partial charge in [0.05, 0.1) is 0 Å². The first-order valence-electron chi connectivity index (χ1n) is 20.5. The van der Waals surface area contributed by atoms with Gasteiger partial charge in [0.2, 0.25) is 0 Å². The van der Waals surface area contributed by atoms with E-state index in [2.05, 4.69) is 206 Å². The Bertz CT molecular complexity index is 2420. The van der Waals surface area contributed by atoms with Crippen LogP contribution in [0.3, 0.4) is 0 Å². The van der Waals surface area contributed by atoms with E-state index in [1.165, 1.54) is 77.3 Å². The molecule has 2 aliphatic carbocycles. The van der Waals surface area contributed by atoms with Crippen LogP contribution in [0.2, 0.25) is 0 Å². The van der Waals surface area contributed by atoms with Crippen LogP contribution in [0.4, 0.5) is 0 Å². The van der Waals surface area contributed by atoms with Crippen LogP contribution in [-0.4, -0.2) is 6.41 Å². The molecule has 0 saturated carbocycles. The Labute approximate surface area is 424 Å². The third-order valence-corrected chi connectivity index (χ3v) is 10.2. The van der Waals surface area contributed by atoms with Crippen molar-refractivity contribution in [1.82, 2.24) is 0 Å². The van der Waals surface area contributed by atoms with Crippen LogP contribution < -0.4 is 49.6 Å². The summed E-state index contributed by atoms with van der Waals surface area (Å²) in [5, 5.41) is 11.0. The van der Waals surface area contributed by atoms with Crippen LogP contribution in [0.1, 0.15) is 126 Å². The van der Waals surface area contributed by atoms with E-state index in [0.29, 0.717) is 0 Å². The summed E-state index contributed by atoms with van der Waals surface area (Å²) in [6.45, 7) is 31.7. The molecule has 0 unspecified atom stereocenters. The van der Waals surface area contributed by atoms with Crippen LogP contribution in [0.5, 0.6) is 0 Å². The Balaban J connectivity index is 0.000000984. The molecule has 0 saturated heterocycles. The quantitative estimate of drug-likeness (QED) is 0.219. The predicted octanol–water partition coefficient (Wildman–Crippen LogP) is 3.98. The first-order chi connectivity index (χ1) is 26.6. The molecular weight excluding hydrogens is 985 g/mol. The smallest absolute Gasteiger partial charge is 0.0771 e. The zero-order valence-electron chi connectivity index (χ0n) is 38.9. The van der Waals surface area contributed by atoms with Crippen molar-refractivity contribution in [3.05, 3.63) is 149 Å². The Hall–Kier alpha value is -1.75. The van der Waals surface area contributed by atoms with E-state index in [4.69, 9.17) is 0 Å². The van der Waals surface area contributed by atoms with E-state index in [1.807, 2.05) is 12.2 Å². The summed E-state index contributed by atoms with van der Waals surface area (Å²) in [6.07, 6.45) is 13.5. The molecule has 0 aliphatic heterocycles. The van der Waals surface area contributed by atoms with Crippen LogP contribution in [0.25, 0.3) is 48.7 Å². The first kappa shape index (κ1) is 59.2.